The van der Waals surface area contributed by atoms with Gasteiger partial charge in [-0.1, -0.05) is 12.1 Å². The SMILES string of the molecule is COc1cc2nc([C@H]3CC[C@H](CN(C)CCCCNc4cccc5c4C(=O)N(C4CCC(=O)NC4=O)C5=O)CC3)sc2cc1NC(=O)c1cccc(C)n1. The molecule has 2 aromatic carbocycles. The van der Waals surface area contributed by atoms with Gasteiger partial charge in [-0.25, -0.2) is 9.97 Å². The van der Waals surface area contributed by atoms with Gasteiger partial charge < -0.3 is 20.3 Å². The zero-order valence-corrected chi connectivity index (χ0v) is 31.6. The molecule has 0 spiro atoms. The van der Waals surface area contributed by atoms with Crippen LogP contribution in [0.4, 0.5) is 11.4 Å². The Morgan fingerprint density at radius 1 is 0.981 bits per heavy atom. The maximum atomic E-state index is 13.4. The number of benzene rings is 2. The molecule has 2 fully saturated rings. The molecule has 54 heavy (non-hydrogen) atoms. The lowest BCUT2D eigenvalue weighted by Crippen LogP contribution is -2.54. The van der Waals surface area contributed by atoms with Crippen molar-refractivity contribution >= 4 is 62.5 Å². The quantitative estimate of drug-likeness (QED) is 0.113. The topological polar surface area (TPSA) is 163 Å². The number of amides is 5. The molecule has 5 amide bonds. The minimum absolute atomic E-state index is 0.0878. The van der Waals surface area contributed by atoms with Gasteiger partial charge >= 0.3 is 0 Å². The van der Waals surface area contributed by atoms with Crippen LogP contribution in [0.3, 0.4) is 0 Å². The Balaban J connectivity index is 0.859. The van der Waals surface area contributed by atoms with Crippen LogP contribution < -0.4 is 20.7 Å². The molecule has 4 aromatic rings. The molecule has 7 rings (SSSR count). The van der Waals surface area contributed by atoms with Crippen LogP contribution in [0.5, 0.6) is 5.75 Å². The number of unbranched alkanes of at least 4 members (excludes halogenated alkanes) is 1. The number of hydrogen-bond acceptors (Lipinski definition) is 11. The van der Waals surface area contributed by atoms with E-state index < -0.39 is 29.7 Å². The van der Waals surface area contributed by atoms with Crippen LogP contribution in [-0.2, 0) is 9.59 Å². The fraction of sp³-hybridized carbons (Fsp3) is 0.425. The second-order valence-electron chi connectivity index (χ2n) is 14.5. The zero-order chi connectivity index (χ0) is 37.9. The van der Waals surface area contributed by atoms with Crippen LogP contribution in [-0.4, -0.2) is 89.1 Å². The number of aromatic nitrogens is 2. The second-order valence-corrected chi connectivity index (χ2v) is 15.5. The number of aryl methyl sites for hydroxylation is 1. The van der Waals surface area contributed by atoms with Crippen LogP contribution in [0.1, 0.15) is 99.2 Å². The first kappa shape index (κ1) is 37.1. The second kappa shape index (κ2) is 16.0. The van der Waals surface area contributed by atoms with Crippen molar-refractivity contribution in [2.24, 2.45) is 5.92 Å². The van der Waals surface area contributed by atoms with Crippen molar-refractivity contribution < 1.29 is 28.7 Å². The van der Waals surface area contributed by atoms with Gasteiger partial charge in [0.25, 0.3) is 17.7 Å². The molecule has 0 bridgehead atoms. The Hall–Kier alpha value is -5.21. The van der Waals surface area contributed by atoms with Crippen molar-refractivity contribution in [3.05, 3.63) is 76.1 Å². The van der Waals surface area contributed by atoms with Crippen LogP contribution in [0.2, 0.25) is 0 Å². The Bertz CT molecular complexity index is 2110. The van der Waals surface area contributed by atoms with E-state index in [0.717, 1.165) is 77.4 Å². The maximum Gasteiger partial charge on any atom is 0.274 e. The molecule has 1 atom stereocenters. The summed E-state index contributed by atoms with van der Waals surface area (Å²) < 4.78 is 6.62. The van der Waals surface area contributed by atoms with E-state index in [-0.39, 0.29) is 29.9 Å². The largest absolute Gasteiger partial charge is 0.494 e. The summed E-state index contributed by atoms with van der Waals surface area (Å²) in [6.07, 6.45) is 6.54. The molecule has 14 heteroatoms. The van der Waals surface area contributed by atoms with Crippen LogP contribution in [0, 0.1) is 12.8 Å². The average molecular weight is 752 g/mol. The number of nitrogens with zero attached hydrogens (tertiary/aromatic N) is 4. The fourth-order valence-electron chi connectivity index (χ4n) is 7.79. The van der Waals surface area contributed by atoms with Crippen molar-refractivity contribution in [2.75, 3.05) is 44.4 Å². The van der Waals surface area contributed by atoms with Gasteiger partial charge in [-0.05, 0) is 102 Å². The van der Waals surface area contributed by atoms with Gasteiger partial charge in [0.2, 0.25) is 11.8 Å². The number of rotatable bonds is 13. The van der Waals surface area contributed by atoms with Gasteiger partial charge in [-0.2, -0.15) is 0 Å². The summed E-state index contributed by atoms with van der Waals surface area (Å²) in [4.78, 5) is 76.1. The van der Waals surface area contributed by atoms with E-state index in [0.29, 0.717) is 41.2 Å². The van der Waals surface area contributed by atoms with E-state index in [1.807, 2.05) is 31.2 Å². The van der Waals surface area contributed by atoms with Gasteiger partial charge in [0.15, 0.2) is 0 Å². The molecule has 13 nitrogen and oxygen atoms in total. The summed E-state index contributed by atoms with van der Waals surface area (Å²) in [5.74, 6) is -0.696. The molecular weight excluding hydrogens is 707 g/mol. The average Bonchev–Trinajstić information content (AvgIpc) is 3.69. The standard InChI is InChI=1S/C40H45N7O6S/c1-23-8-6-11-28(42-23)36(49)43-29-21-33-30(20-32(29)53-3)44-38(54-33)25-14-12-24(13-15-25)22-46(2)19-5-4-18-41-27-10-7-9-26-35(27)40(52)47(39(26)51)31-16-17-34(48)45-37(31)50/h6-11,20-21,24-25,31,41H,4-5,12-19,22H2,1-3H3,(H,43,49)(H,45,48,50)/t24-,25-,31?. The maximum absolute atomic E-state index is 13.4. The third-order valence-corrected chi connectivity index (χ3v) is 11.8. The number of pyridine rings is 1. The molecule has 282 valence electrons. The summed E-state index contributed by atoms with van der Waals surface area (Å²) in [7, 11) is 3.76. The number of nitrogens with one attached hydrogen (secondary N) is 3. The molecule has 1 aliphatic carbocycles. The Labute approximate surface area is 317 Å². The van der Waals surface area contributed by atoms with E-state index in [9.17, 15) is 24.0 Å². The van der Waals surface area contributed by atoms with Crippen LogP contribution >= 0.6 is 11.3 Å². The zero-order valence-electron chi connectivity index (χ0n) is 30.8. The van der Waals surface area contributed by atoms with E-state index in [1.165, 1.54) is 0 Å². The van der Waals surface area contributed by atoms with Crippen LogP contribution in [0.25, 0.3) is 10.2 Å². The minimum atomic E-state index is -0.982. The Kier molecular flexibility index (Phi) is 11.0. The number of hydrogen-bond donors (Lipinski definition) is 3. The number of ether oxygens (including phenoxy) is 1. The molecule has 3 aliphatic rings. The van der Waals surface area contributed by atoms with Crippen molar-refractivity contribution in [3.63, 3.8) is 0 Å². The Morgan fingerprint density at radius 3 is 2.54 bits per heavy atom. The first-order chi connectivity index (χ1) is 26.1. The molecular formula is C40H45N7O6S. The van der Waals surface area contributed by atoms with Gasteiger partial charge in [0, 0.05) is 42.9 Å². The molecule has 2 aliphatic heterocycles. The molecule has 1 saturated carbocycles. The molecule has 1 saturated heterocycles. The van der Waals surface area contributed by atoms with Crippen molar-refractivity contribution in [2.45, 2.75) is 70.3 Å². The normalized spacial score (nSPS) is 20.0. The number of piperidine rings is 1. The Morgan fingerprint density at radius 2 is 1.78 bits per heavy atom. The van der Waals surface area contributed by atoms with E-state index in [1.54, 1.807) is 42.7 Å². The molecule has 1 unspecified atom stereocenters. The number of fused-ring (bicyclic) bond motifs is 2. The predicted molar refractivity (Wildman–Crippen MR) is 206 cm³/mol. The van der Waals surface area contributed by atoms with Gasteiger partial charge in [0.05, 0.1) is 39.1 Å². The molecule has 2 aromatic heterocycles. The molecule has 3 N–H and O–H groups in total. The summed E-state index contributed by atoms with van der Waals surface area (Å²) in [6.45, 7) is 4.48. The smallest absolute Gasteiger partial charge is 0.274 e. The van der Waals surface area contributed by atoms with E-state index in [2.05, 4.69) is 32.9 Å². The number of methoxy groups -OCH3 is 1. The molecule has 0 radical (unpaired) electrons. The highest BCUT2D eigenvalue weighted by Gasteiger charge is 2.45. The number of carbonyl (C=O) groups is 5. The highest BCUT2D eigenvalue weighted by Crippen LogP contribution is 2.41. The van der Waals surface area contributed by atoms with Crippen LogP contribution in [0.15, 0.2) is 48.5 Å². The number of carbonyl (C=O) groups excluding carboxylic acids is 5. The van der Waals surface area contributed by atoms with Gasteiger partial charge in [0.1, 0.15) is 17.5 Å². The van der Waals surface area contributed by atoms with Gasteiger partial charge in [-0.15, -0.1) is 11.3 Å². The highest BCUT2D eigenvalue weighted by atomic mass is 32.1. The van der Waals surface area contributed by atoms with Crippen molar-refractivity contribution in [1.29, 1.82) is 0 Å². The summed E-state index contributed by atoms with van der Waals surface area (Å²) in [5.41, 5.74) is 3.76. The summed E-state index contributed by atoms with van der Waals surface area (Å²) >= 11 is 1.69. The third-order valence-electron chi connectivity index (χ3n) is 10.6. The molecule has 4 heterocycles. The highest BCUT2D eigenvalue weighted by molar-refractivity contribution is 7.18. The monoisotopic (exact) mass is 751 g/mol. The number of anilines is 2. The van der Waals surface area contributed by atoms with E-state index >= 15 is 0 Å². The first-order valence-corrected chi connectivity index (χ1v) is 19.4. The lowest BCUT2D eigenvalue weighted by Gasteiger charge is -2.30. The van der Waals surface area contributed by atoms with E-state index in [4.69, 9.17) is 9.72 Å². The fourth-order valence-corrected chi connectivity index (χ4v) is 8.94. The lowest BCUT2D eigenvalue weighted by molar-refractivity contribution is -0.136. The summed E-state index contributed by atoms with van der Waals surface area (Å²) in [6, 6.07) is 13.4. The third kappa shape index (κ3) is 7.85. The summed E-state index contributed by atoms with van der Waals surface area (Å²) in [5, 5.41) is 9.68. The number of thiazole rings is 1. The van der Waals surface area contributed by atoms with Crippen molar-refractivity contribution in [1.82, 2.24) is 25.1 Å². The lowest BCUT2D eigenvalue weighted by atomic mass is 9.82. The first-order valence-electron chi connectivity index (χ1n) is 18.6. The predicted octanol–water partition coefficient (Wildman–Crippen LogP) is 5.76. The number of imide groups is 2. The van der Waals surface area contributed by atoms with Gasteiger partial charge in [-0.3, -0.25) is 34.2 Å². The van der Waals surface area contributed by atoms with Crippen molar-refractivity contribution in [3.8, 4) is 5.75 Å². The minimum Gasteiger partial charge on any atom is -0.494 e.